The van der Waals surface area contributed by atoms with Crippen LogP contribution in [0.5, 0.6) is 0 Å². The minimum atomic E-state index is 0.130. The van der Waals surface area contributed by atoms with Gasteiger partial charge >= 0.3 is 0 Å². The summed E-state index contributed by atoms with van der Waals surface area (Å²) in [5.41, 5.74) is 0. The van der Waals surface area contributed by atoms with E-state index in [4.69, 9.17) is 0 Å². The molecule has 5 heteroatoms. The lowest BCUT2D eigenvalue weighted by Crippen LogP contribution is -2.39. The number of carbonyl (C=O) groups is 1. The van der Waals surface area contributed by atoms with Crippen molar-refractivity contribution in [3.63, 3.8) is 0 Å². The van der Waals surface area contributed by atoms with E-state index >= 15 is 0 Å². The number of amides is 1. The Morgan fingerprint density at radius 2 is 1.74 bits per heavy atom. The highest BCUT2D eigenvalue weighted by Gasteiger charge is 2.26. The van der Waals surface area contributed by atoms with Gasteiger partial charge in [0, 0.05) is 19.6 Å². The summed E-state index contributed by atoms with van der Waals surface area (Å²) in [6, 6.07) is 0.931. The van der Waals surface area contributed by atoms with E-state index in [1.807, 2.05) is 14.1 Å². The first-order chi connectivity index (χ1) is 9.10. The molecule has 2 rings (SSSR count). The number of rotatable bonds is 3. The summed E-state index contributed by atoms with van der Waals surface area (Å²) in [6.07, 6.45) is 4.91. The summed E-state index contributed by atoms with van der Waals surface area (Å²) in [5, 5.41) is 5.86. The Kier molecular flexibility index (Phi) is 7.34. The summed E-state index contributed by atoms with van der Waals surface area (Å²) >= 11 is 0. The van der Waals surface area contributed by atoms with Gasteiger partial charge in [-0.2, -0.15) is 0 Å². The molecular formula is C14H30N4O. The van der Waals surface area contributed by atoms with Gasteiger partial charge in [0.05, 0.1) is 6.04 Å². The minimum absolute atomic E-state index is 0.130. The van der Waals surface area contributed by atoms with E-state index in [1.165, 1.54) is 19.4 Å². The highest BCUT2D eigenvalue weighted by molar-refractivity contribution is 5.81. The second-order valence-electron chi connectivity index (χ2n) is 5.59. The van der Waals surface area contributed by atoms with E-state index in [2.05, 4.69) is 27.5 Å². The van der Waals surface area contributed by atoms with Crippen LogP contribution < -0.4 is 10.6 Å². The van der Waals surface area contributed by atoms with Gasteiger partial charge in [0.2, 0.25) is 5.91 Å². The van der Waals surface area contributed by atoms with Crippen molar-refractivity contribution in [1.29, 1.82) is 0 Å². The molecule has 0 aromatic heterocycles. The first kappa shape index (κ1) is 16.4. The molecule has 2 saturated heterocycles. The van der Waals surface area contributed by atoms with Gasteiger partial charge in [-0.1, -0.05) is 0 Å². The third-order valence-corrected chi connectivity index (χ3v) is 4.18. The molecular weight excluding hydrogens is 240 g/mol. The Bertz CT molecular complexity index is 272. The van der Waals surface area contributed by atoms with Crippen LogP contribution in [-0.2, 0) is 4.79 Å². The van der Waals surface area contributed by atoms with Crippen molar-refractivity contribution in [3.8, 4) is 0 Å². The first-order valence-electron chi connectivity index (χ1n) is 7.36. The molecule has 2 heterocycles. The third-order valence-electron chi connectivity index (χ3n) is 4.18. The van der Waals surface area contributed by atoms with Crippen LogP contribution in [0.3, 0.4) is 0 Å². The lowest BCUT2D eigenvalue weighted by molar-refractivity contribution is -0.124. The van der Waals surface area contributed by atoms with Crippen molar-refractivity contribution in [1.82, 2.24) is 20.4 Å². The van der Waals surface area contributed by atoms with Gasteiger partial charge < -0.3 is 15.5 Å². The number of hydrogen-bond acceptors (Lipinski definition) is 4. The van der Waals surface area contributed by atoms with Crippen molar-refractivity contribution < 1.29 is 4.79 Å². The molecule has 0 aliphatic carbocycles. The highest BCUT2D eigenvalue weighted by Crippen LogP contribution is 2.14. The molecule has 0 spiro atoms. The summed E-state index contributed by atoms with van der Waals surface area (Å²) in [5.74, 6) is 0.153. The first-order valence-corrected chi connectivity index (χ1v) is 7.36. The van der Waals surface area contributed by atoms with Crippen LogP contribution >= 0.6 is 0 Å². The smallest absolute Gasteiger partial charge is 0.237 e. The fourth-order valence-corrected chi connectivity index (χ4v) is 2.88. The maximum atomic E-state index is 11.1. The van der Waals surface area contributed by atoms with Gasteiger partial charge in [0.15, 0.2) is 0 Å². The Balaban J connectivity index is 0.000000191. The quantitative estimate of drug-likeness (QED) is 0.765. The predicted molar refractivity (Wildman–Crippen MR) is 79.3 cm³/mol. The van der Waals surface area contributed by atoms with E-state index in [9.17, 15) is 4.79 Å². The van der Waals surface area contributed by atoms with Crippen molar-refractivity contribution in [3.05, 3.63) is 0 Å². The van der Waals surface area contributed by atoms with Crippen LogP contribution in [0.2, 0.25) is 0 Å². The highest BCUT2D eigenvalue weighted by atomic mass is 16.2. The molecule has 0 aromatic rings. The maximum absolute atomic E-state index is 11.1. The molecule has 0 radical (unpaired) electrons. The number of hydrogen-bond donors (Lipinski definition) is 2. The van der Waals surface area contributed by atoms with Gasteiger partial charge in [0.25, 0.3) is 0 Å². The van der Waals surface area contributed by atoms with Gasteiger partial charge in [-0.05, 0) is 59.9 Å². The summed E-state index contributed by atoms with van der Waals surface area (Å²) < 4.78 is 0. The van der Waals surface area contributed by atoms with E-state index in [0.29, 0.717) is 0 Å². The van der Waals surface area contributed by atoms with Gasteiger partial charge in [-0.3, -0.25) is 9.69 Å². The average molecular weight is 270 g/mol. The number of nitrogens with one attached hydrogen (secondary N) is 2. The van der Waals surface area contributed by atoms with E-state index < -0.39 is 0 Å². The molecule has 0 bridgehead atoms. The molecule has 2 N–H and O–H groups in total. The van der Waals surface area contributed by atoms with Gasteiger partial charge in [-0.25, -0.2) is 0 Å². The molecule has 0 unspecified atom stereocenters. The van der Waals surface area contributed by atoms with Gasteiger partial charge in [-0.15, -0.1) is 0 Å². The number of carbonyl (C=O) groups excluding carboxylic acids is 1. The molecule has 2 atom stereocenters. The third kappa shape index (κ3) is 5.09. The molecule has 1 amide bonds. The molecule has 2 aliphatic heterocycles. The summed E-state index contributed by atoms with van der Waals surface area (Å²) in [7, 11) is 7.91. The second-order valence-corrected chi connectivity index (χ2v) is 5.59. The largest absolute Gasteiger partial charge is 0.358 e. The zero-order valence-electron chi connectivity index (χ0n) is 12.9. The van der Waals surface area contributed by atoms with E-state index in [0.717, 1.165) is 32.0 Å². The SMILES string of the molecule is CNC(=O)[C@H]1CCCN1C.CNC[C@H]1CCCN1C. The number of likely N-dealkylation sites (tertiary alicyclic amines) is 2. The normalized spacial score (nSPS) is 28.0. The van der Waals surface area contributed by atoms with Gasteiger partial charge in [0.1, 0.15) is 0 Å². The molecule has 5 nitrogen and oxygen atoms in total. The summed E-state index contributed by atoms with van der Waals surface area (Å²) in [4.78, 5) is 15.6. The second kappa shape index (κ2) is 8.51. The predicted octanol–water partition coefficient (Wildman–Crippen LogP) is 0.127. The minimum Gasteiger partial charge on any atom is -0.358 e. The standard InChI is InChI=1S/C7H14N2O.C7H16N2/c1-8-7(10)6-4-3-5-9(6)2;1-8-6-7-4-3-5-9(7)2/h6H,3-5H2,1-2H3,(H,8,10);7-8H,3-6H2,1-2H3/t6-;7-/m11/s1. The zero-order chi connectivity index (χ0) is 14.3. The van der Waals surface area contributed by atoms with Crippen LogP contribution in [0.1, 0.15) is 25.7 Å². The lowest BCUT2D eigenvalue weighted by atomic mass is 10.2. The Morgan fingerprint density at radius 3 is 2.16 bits per heavy atom. The van der Waals surface area contributed by atoms with Crippen LogP contribution in [-0.4, -0.2) is 75.6 Å². The molecule has 0 aromatic carbocycles. The Labute approximate surface area is 117 Å². The summed E-state index contributed by atoms with van der Waals surface area (Å²) in [6.45, 7) is 3.49. The number of nitrogens with zero attached hydrogens (tertiary/aromatic N) is 2. The zero-order valence-corrected chi connectivity index (χ0v) is 12.9. The Hall–Kier alpha value is -0.650. The Morgan fingerprint density at radius 1 is 1.11 bits per heavy atom. The fourth-order valence-electron chi connectivity index (χ4n) is 2.88. The molecule has 112 valence electrons. The molecule has 2 aliphatic rings. The van der Waals surface area contributed by atoms with Crippen LogP contribution in [0.25, 0.3) is 0 Å². The van der Waals surface area contributed by atoms with Crippen molar-refractivity contribution in [2.45, 2.75) is 37.8 Å². The van der Waals surface area contributed by atoms with Crippen LogP contribution in [0.4, 0.5) is 0 Å². The molecule has 19 heavy (non-hydrogen) atoms. The topological polar surface area (TPSA) is 47.6 Å². The fraction of sp³-hybridized carbons (Fsp3) is 0.929. The number of likely N-dealkylation sites (N-methyl/N-ethyl adjacent to an activating group) is 4. The maximum Gasteiger partial charge on any atom is 0.237 e. The average Bonchev–Trinajstić information content (AvgIpc) is 2.99. The van der Waals surface area contributed by atoms with E-state index in [1.54, 1.807) is 7.05 Å². The van der Waals surface area contributed by atoms with Crippen molar-refractivity contribution >= 4 is 5.91 Å². The van der Waals surface area contributed by atoms with Crippen molar-refractivity contribution in [2.75, 3.05) is 47.8 Å². The van der Waals surface area contributed by atoms with Crippen LogP contribution in [0.15, 0.2) is 0 Å². The molecule has 2 fully saturated rings. The lowest BCUT2D eigenvalue weighted by Gasteiger charge is -2.18. The van der Waals surface area contributed by atoms with Crippen molar-refractivity contribution in [2.24, 2.45) is 0 Å². The van der Waals surface area contributed by atoms with Crippen LogP contribution in [0, 0.1) is 0 Å². The monoisotopic (exact) mass is 270 g/mol. The molecule has 0 saturated carbocycles. The van der Waals surface area contributed by atoms with E-state index in [-0.39, 0.29) is 11.9 Å².